The molecule has 106 valence electrons. The first-order valence-electron chi connectivity index (χ1n) is 6.34. The van der Waals surface area contributed by atoms with Crippen LogP contribution in [0.1, 0.15) is 30.0 Å². The van der Waals surface area contributed by atoms with E-state index < -0.39 is 11.8 Å². The van der Waals surface area contributed by atoms with Crippen molar-refractivity contribution >= 4 is 29.0 Å². The maximum absolute atomic E-state index is 12.6. The van der Waals surface area contributed by atoms with Crippen LogP contribution in [0.3, 0.4) is 0 Å². The van der Waals surface area contributed by atoms with Gasteiger partial charge in [0.2, 0.25) is 0 Å². The average molecular weight is 319 g/mol. The Bertz CT molecular complexity index is 675. The quantitative estimate of drug-likeness (QED) is 0.841. The summed E-state index contributed by atoms with van der Waals surface area (Å²) in [5, 5.41) is 10.1. The van der Waals surface area contributed by atoms with Crippen LogP contribution in [0.15, 0.2) is 42.6 Å². The molecule has 0 spiro atoms. The number of hydrogen-bond donors (Lipinski definition) is 0. The van der Waals surface area contributed by atoms with Gasteiger partial charge in [-0.15, -0.1) is 0 Å². The van der Waals surface area contributed by atoms with Crippen molar-refractivity contribution in [1.29, 1.82) is 5.26 Å². The predicted molar refractivity (Wildman–Crippen MR) is 82.5 cm³/mol. The third-order valence-electron chi connectivity index (χ3n) is 3.26. The van der Waals surface area contributed by atoms with Crippen molar-refractivity contribution in [1.82, 2.24) is 4.98 Å². The van der Waals surface area contributed by atoms with Crippen LogP contribution in [0.4, 0.5) is 0 Å². The molecule has 1 aromatic carbocycles. The van der Waals surface area contributed by atoms with E-state index in [0.29, 0.717) is 21.3 Å². The number of carbonyl (C=O) groups is 1. The molecule has 0 bridgehead atoms. The molecule has 0 aliphatic heterocycles. The molecule has 1 aromatic heterocycles. The molecule has 0 amide bonds. The lowest BCUT2D eigenvalue weighted by atomic mass is 9.87. The zero-order chi connectivity index (χ0) is 15.4. The van der Waals surface area contributed by atoms with E-state index in [2.05, 4.69) is 4.98 Å². The van der Waals surface area contributed by atoms with Crippen LogP contribution in [0.5, 0.6) is 0 Å². The third kappa shape index (κ3) is 3.24. The van der Waals surface area contributed by atoms with Crippen LogP contribution in [0.2, 0.25) is 10.0 Å². The highest BCUT2D eigenvalue weighted by Crippen LogP contribution is 2.34. The Labute approximate surface area is 133 Å². The molecular formula is C16H12Cl2N2O. The van der Waals surface area contributed by atoms with Crippen LogP contribution in [-0.4, -0.2) is 10.8 Å². The standard InChI is InChI=1S/C16H12Cl2N2O/c1-10(15-12(17)5-4-6-13(15)18)16(21)11(9-19)14-7-2-3-8-20-14/h2-8,10-11H,1H3/t10-,11-/m0/s1. The lowest BCUT2D eigenvalue weighted by Gasteiger charge is -2.17. The summed E-state index contributed by atoms with van der Waals surface area (Å²) in [7, 11) is 0. The van der Waals surface area contributed by atoms with Crippen molar-refractivity contribution in [2.45, 2.75) is 18.8 Å². The lowest BCUT2D eigenvalue weighted by molar-refractivity contribution is -0.120. The fraction of sp³-hybridized carbons (Fsp3) is 0.188. The summed E-state index contributed by atoms with van der Waals surface area (Å²) in [5.41, 5.74) is 0.974. The third-order valence-corrected chi connectivity index (χ3v) is 3.92. The van der Waals surface area contributed by atoms with Gasteiger partial charge in [0.25, 0.3) is 0 Å². The van der Waals surface area contributed by atoms with E-state index in [0.717, 1.165) is 0 Å². The largest absolute Gasteiger partial charge is 0.297 e. The topological polar surface area (TPSA) is 53.8 Å². The Morgan fingerprint density at radius 2 is 1.86 bits per heavy atom. The number of nitrogens with zero attached hydrogens (tertiary/aromatic N) is 2. The van der Waals surface area contributed by atoms with Gasteiger partial charge in [0.05, 0.1) is 11.8 Å². The highest BCUT2D eigenvalue weighted by atomic mass is 35.5. The first kappa shape index (κ1) is 15.5. The van der Waals surface area contributed by atoms with Gasteiger partial charge in [0.15, 0.2) is 5.78 Å². The van der Waals surface area contributed by atoms with Gasteiger partial charge in [0, 0.05) is 22.2 Å². The summed E-state index contributed by atoms with van der Waals surface area (Å²) >= 11 is 12.3. The first-order valence-corrected chi connectivity index (χ1v) is 7.10. The lowest BCUT2D eigenvalue weighted by Crippen LogP contribution is -2.19. The van der Waals surface area contributed by atoms with Crippen LogP contribution >= 0.6 is 23.2 Å². The van der Waals surface area contributed by atoms with Gasteiger partial charge in [-0.3, -0.25) is 9.78 Å². The Balaban J connectivity index is 2.37. The predicted octanol–water partition coefficient (Wildman–Crippen LogP) is 4.37. The number of Topliss-reactive ketones (excluding diaryl/α,β-unsaturated/α-hetero) is 1. The minimum atomic E-state index is -0.937. The second-order valence-electron chi connectivity index (χ2n) is 4.58. The summed E-state index contributed by atoms with van der Waals surface area (Å²) in [6.07, 6.45) is 1.56. The van der Waals surface area contributed by atoms with Crippen LogP contribution in [0.25, 0.3) is 0 Å². The second kappa shape index (κ2) is 6.71. The molecule has 2 rings (SSSR count). The molecule has 21 heavy (non-hydrogen) atoms. The zero-order valence-corrected chi connectivity index (χ0v) is 12.8. The molecule has 0 aliphatic carbocycles. The van der Waals surface area contributed by atoms with E-state index in [1.165, 1.54) is 0 Å². The second-order valence-corrected chi connectivity index (χ2v) is 5.39. The highest BCUT2D eigenvalue weighted by molar-refractivity contribution is 6.36. The molecule has 1 heterocycles. The number of rotatable bonds is 4. The number of benzene rings is 1. The number of aromatic nitrogens is 1. The Kier molecular flexibility index (Phi) is 4.95. The number of pyridine rings is 1. The van der Waals surface area contributed by atoms with Gasteiger partial charge in [-0.25, -0.2) is 0 Å². The number of halogens is 2. The summed E-state index contributed by atoms with van der Waals surface area (Å²) in [6.45, 7) is 1.70. The van der Waals surface area contributed by atoms with Crippen LogP contribution in [0, 0.1) is 11.3 Å². The highest BCUT2D eigenvalue weighted by Gasteiger charge is 2.29. The number of ketones is 1. The molecule has 2 aromatic rings. The minimum Gasteiger partial charge on any atom is -0.297 e. The van der Waals surface area contributed by atoms with Gasteiger partial charge >= 0.3 is 0 Å². The average Bonchev–Trinajstić information content (AvgIpc) is 2.48. The Morgan fingerprint density at radius 3 is 2.38 bits per heavy atom. The van der Waals surface area contributed by atoms with Crippen molar-refractivity contribution in [2.24, 2.45) is 0 Å². The Morgan fingerprint density at radius 1 is 1.19 bits per heavy atom. The monoisotopic (exact) mass is 318 g/mol. The molecule has 2 atom stereocenters. The summed E-state index contributed by atoms with van der Waals surface area (Å²) < 4.78 is 0. The van der Waals surface area contributed by atoms with Gasteiger partial charge < -0.3 is 0 Å². The molecule has 0 saturated carbocycles. The van der Waals surface area contributed by atoms with Crippen molar-refractivity contribution in [3.05, 3.63) is 63.9 Å². The molecular weight excluding hydrogens is 307 g/mol. The summed E-state index contributed by atoms with van der Waals surface area (Å²) in [4.78, 5) is 16.7. The zero-order valence-electron chi connectivity index (χ0n) is 11.3. The number of nitriles is 1. The summed E-state index contributed by atoms with van der Waals surface area (Å²) in [5.74, 6) is -1.79. The molecule has 3 nitrogen and oxygen atoms in total. The first-order chi connectivity index (χ1) is 10.1. The van der Waals surface area contributed by atoms with Gasteiger partial charge in [-0.1, -0.05) is 42.3 Å². The van der Waals surface area contributed by atoms with Crippen LogP contribution in [-0.2, 0) is 4.79 Å². The molecule has 0 saturated heterocycles. The van der Waals surface area contributed by atoms with E-state index in [1.54, 1.807) is 49.5 Å². The smallest absolute Gasteiger partial charge is 0.163 e. The van der Waals surface area contributed by atoms with Crippen molar-refractivity contribution < 1.29 is 4.79 Å². The maximum Gasteiger partial charge on any atom is 0.163 e. The SMILES string of the molecule is C[C@H](C(=O)[C@@H](C#N)c1ccccn1)c1c(Cl)cccc1Cl. The van der Waals surface area contributed by atoms with Crippen LogP contribution < -0.4 is 0 Å². The van der Waals surface area contributed by atoms with Gasteiger partial charge in [0.1, 0.15) is 5.92 Å². The molecule has 5 heteroatoms. The minimum absolute atomic E-state index is 0.272. The van der Waals surface area contributed by atoms with E-state index in [-0.39, 0.29) is 5.78 Å². The van der Waals surface area contributed by atoms with E-state index >= 15 is 0 Å². The summed E-state index contributed by atoms with van der Waals surface area (Å²) in [6, 6.07) is 12.2. The van der Waals surface area contributed by atoms with E-state index in [1.807, 2.05) is 6.07 Å². The fourth-order valence-electron chi connectivity index (χ4n) is 2.14. The number of carbonyl (C=O) groups excluding carboxylic acids is 1. The number of hydrogen-bond acceptors (Lipinski definition) is 3. The molecule has 0 fully saturated rings. The van der Waals surface area contributed by atoms with Crippen molar-refractivity contribution in [3.63, 3.8) is 0 Å². The van der Waals surface area contributed by atoms with Gasteiger partial charge in [-0.2, -0.15) is 5.26 Å². The maximum atomic E-state index is 12.6. The molecule has 0 radical (unpaired) electrons. The van der Waals surface area contributed by atoms with Gasteiger partial charge in [-0.05, 0) is 29.8 Å². The Hall–Kier alpha value is -1.89. The van der Waals surface area contributed by atoms with E-state index in [4.69, 9.17) is 23.2 Å². The van der Waals surface area contributed by atoms with Crippen molar-refractivity contribution in [2.75, 3.05) is 0 Å². The fourth-order valence-corrected chi connectivity index (χ4v) is 2.86. The molecule has 0 unspecified atom stereocenters. The van der Waals surface area contributed by atoms with Crippen molar-refractivity contribution in [3.8, 4) is 6.07 Å². The normalized spacial score (nSPS) is 13.2. The molecule has 0 N–H and O–H groups in total. The molecule has 0 aliphatic rings. The van der Waals surface area contributed by atoms with E-state index in [9.17, 15) is 10.1 Å².